The molecule has 2 unspecified atom stereocenters. The van der Waals surface area contributed by atoms with Crippen molar-refractivity contribution in [1.82, 2.24) is 19.9 Å². The number of aliphatic hydroxyl groups excluding tert-OH is 1. The lowest BCUT2D eigenvalue weighted by Gasteiger charge is -2.40. The van der Waals surface area contributed by atoms with Crippen LogP contribution >= 0.6 is 0 Å². The zero-order valence-electron chi connectivity index (χ0n) is 31.0. The molecule has 2 fully saturated rings. The predicted octanol–water partition coefficient (Wildman–Crippen LogP) is 4.16. The smallest absolute Gasteiger partial charge is 0.408 e. The minimum Gasteiger partial charge on any atom is -0.497 e. The van der Waals surface area contributed by atoms with E-state index in [1.54, 1.807) is 75.2 Å². The number of anilines is 2. The van der Waals surface area contributed by atoms with Gasteiger partial charge in [-0.15, -0.1) is 0 Å². The summed E-state index contributed by atoms with van der Waals surface area (Å²) in [5.74, 6) is 0.0779. The van der Waals surface area contributed by atoms with Gasteiger partial charge in [0.1, 0.15) is 22.9 Å². The van der Waals surface area contributed by atoms with E-state index in [-0.39, 0.29) is 44.0 Å². The van der Waals surface area contributed by atoms with Gasteiger partial charge in [-0.3, -0.25) is 14.5 Å². The zero-order chi connectivity index (χ0) is 38.9. The third-order valence-electron chi connectivity index (χ3n) is 9.36. The maximum absolute atomic E-state index is 14.4. The highest BCUT2D eigenvalue weighted by Crippen LogP contribution is 2.39. The second kappa shape index (κ2) is 14.9. The maximum atomic E-state index is 14.4. The van der Waals surface area contributed by atoms with Gasteiger partial charge in [0, 0.05) is 31.3 Å². The van der Waals surface area contributed by atoms with Gasteiger partial charge in [0.05, 0.1) is 56.0 Å². The van der Waals surface area contributed by atoms with E-state index in [0.717, 1.165) is 0 Å². The molecule has 1 aromatic heterocycles. The molecule has 15 nitrogen and oxygen atoms in total. The molecule has 1 saturated heterocycles. The van der Waals surface area contributed by atoms with Crippen molar-refractivity contribution >= 4 is 40.3 Å². The number of urea groups is 1. The molecular formula is C38H44FN7O8. The summed E-state index contributed by atoms with van der Waals surface area (Å²) in [6.45, 7) is 7.48. The first kappa shape index (κ1) is 37.8. The Morgan fingerprint density at radius 3 is 2.28 bits per heavy atom. The largest absolute Gasteiger partial charge is 0.497 e. The number of aliphatic hydroxyl groups is 1. The zero-order valence-corrected chi connectivity index (χ0v) is 31.0. The monoisotopic (exact) mass is 745 g/mol. The molecule has 2 aliphatic rings. The van der Waals surface area contributed by atoms with Crippen molar-refractivity contribution in [2.45, 2.75) is 57.4 Å². The molecule has 54 heavy (non-hydrogen) atoms. The summed E-state index contributed by atoms with van der Waals surface area (Å²) in [5, 5.41) is 18.0. The highest BCUT2D eigenvalue weighted by Gasteiger charge is 2.63. The average Bonchev–Trinajstić information content (AvgIpc) is 3.80. The number of rotatable bonds is 9. The highest BCUT2D eigenvalue weighted by molar-refractivity contribution is 6.03. The van der Waals surface area contributed by atoms with Crippen LogP contribution in [0.3, 0.4) is 0 Å². The second-order valence-electron chi connectivity index (χ2n) is 14.2. The summed E-state index contributed by atoms with van der Waals surface area (Å²) in [7, 11) is 2.96. The van der Waals surface area contributed by atoms with Crippen molar-refractivity contribution in [2.24, 2.45) is 0 Å². The first-order chi connectivity index (χ1) is 25.7. The van der Waals surface area contributed by atoms with E-state index in [1.165, 1.54) is 53.0 Å². The van der Waals surface area contributed by atoms with Crippen LogP contribution in [0.15, 0.2) is 71.5 Å². The fraction of sp³-hybridized carbons (Fsp3) is 0.395. The van der Waals surface area contributed by atoms with Gasteiger partial charge in [-0.25, -0.2) is 23.6 Å². The third kappa shape index (κ3) is 7.60. The fourth-order valence-corrected chi connectivity index (χ4v) is 6.53. The van der Waals surface area contributed by atoms with Crippen LogP contribution in [0, 0.1) is 5.82 Å². The SMILES string of the molecule is COc1ccc(N(C(=O)Nc2ccc(F)cc2)C(C)c2nc3ccccc3c(=O)n2N2CCN(C(=O)C3(NC(=O)OC(C)(C)C)C[C@H]3O)CC2)c(OC)c1. The van der Waals surface area contributed by atoms with Gasteiger partial charge in [-0.05, 0) is 76.2 Å². The number of alkyl carbamates (subject to hydrolysis) is 1. The highest BCUT2D eigenvalue weighted by atomic mass is 19.1. The van der Waals surface area contributed by atoms with E-state index in [0.29, 0.717) is 33.8 Å². The Morgan fingerprint density at radius 1 is 1.00 bits per heavy atom. The van der Waals surface area contributed by atoms with Gasteiger partial charge in [-0.2, -0.15) is 0 Å². The van der Waals surface area contributed by atoms with Crippen molar-refractivity contribution < 1.29 is 38.1 Å². The van der Waals surface area contributed by atoms with E-state index in [4.69, 9.17) is 19.2 Å². The number of fused-ring (bicyclic) bond motifs is 1. The lowest BCUT2D eigenvalue weighted by Crippen LogP contribution is -2.61. The topological polar surface area (TPSA) is 168 Å². The van der Waals surface area contributed by atoms with Crippen molar-refractivity contribution in [3.05, 3.63) is 88.7 Å². The number of carbonyl (C=O) groups is 3. The van der Waals surface area contributed by atoms with Crippen LogP contribution in [0.1, 0.15) is 46.0 Å². The summed E-state index contributed by atoms with van der Waals surface area (Å²) in [5.41, 5.74) is -1.61. The van der Waals surface area contributed by atoms with Crippen molar-refractivity contribution in [2.75, 3.05) is 55.6 Å². The predicted molar refractivity (Wildman–Crippen MR) is 199 cm³/mol. The average molecular weight is 746 g/mol. The molecular weight excluding hydrogens is 701 g/mol. The number of ether oxygens (including phenoxy) is 3. The van der Waals surface area contributed by atoms with E-state index >= 15 is 0 Å². The van der Waals surface area contributed by atoms with E-state index in [1.807, 2.05) is 0 Å². The molecule has 3 aromatic carbocycles. The van der Waals surface area contributed by atoms with E-state index < -0.39 is 47.1 Å². The molecule has 1 saturated carbocycles. The number of aromatic nitrogens is 2. The molecule has 0 radical (unpaired) electrons. The first-order valence-corrected chi connectivity index (χ1v) is 17.5. The second-order valence-corrected chi connectivity index (χ2v) is 14.2. The van der Waals surface area contributed by atoms with Gasteiger partial charge in [0.2, 0.25) is 0 Å². The molecule has 3 N–H and O–H groups in total. The van der Waals surface area contributed by atoms with Crippen LogP contribution in [0.5, 0.6) is 11.5 Å². The van der Waals surface area contributed by atoms with E-state index in [2.05, 4.69) is 10.6 Å². The Morgan fingerprint density at radius 2 is 1.67 bits per heavy atom. The molecule has 3 atom stereocenters. The molecule has 0 spiro atoms. The Balaban J connectivity index is 1.35. The molecule has 4 amide bonds. The number of nitrogens with one attached hydrogen (secondary N) is 2. The first-order valence-electron chi connectivity index (χ1n) is 17.5. The number of hydrogen-bond acceptors (Lipinski definition) is 10. The lowest BCUT2D eigenvalue weighted by molar-refractivity contribution is -0.136. The summed E-state index contributed by atoms with van der Waals surface area (Å²) >= 11 is 0. The van der Waals surface area contributed by atoms with Gasteiger partial charge < -0.3 is 39.9 Å². The number of piperazine rings is 1. The van der Waals surface area contributed by atoms with Crippen molar-refractivity contribution in [3.63, 3.8) is 0 Å². The molecule has 1 aliphatic heterocycles. The summed E-state index contributed by atoms with van der Waals surface area (Å²) < 4.78 is 31.6. The molecule has 4 aromatic rings. The Kier molecular flexibility index (Phi) is 10.4. The van der Waals surface area contributed by atoms with Crippen LogP contribution in [-0.4, -0.2) is 95.3 Å². The molecule has 0 bridgehead atoms. The van der Waals surface area contributed by atoms with Gasteiger partial charge >= 0.3 is 12.1 Å². The molecule has 1 aliphatic carbocycles. The van der Waals surface area contributed by atoms with Gasteiger partial charge in [-0.1, -0.05) is 12.1 Å². The minimum absolute atomic E-state index is 0.0473. The number of amides is 4. The lowest BCUT2D eigenvalue weighted by atomic mass is 10.1. The molecule has 6 rings (SSSR count). The maximum Gasteiger partial charge on any atom is 0.408 e. The minimum atomic E-state index is -1.50. The number of carbonyl (C=O) groups excluding carboxylic acids is 3. The van der Waals surface area contributed by atoms with Crippen LogP contribution < -0.4 is 35.6 Å². The van der Waals surface area contributed by atoms with Crippen LogP contribution in [0.25, 0.3) is 10.9 Å². The number of halogens is 1. The van der Waals surface area contributed by atoms with Crippen LogP contribution in [0.4, 0.5) is 25.4 Å². The number of para-hydroxylation sites is 1. The van der Waals surface area contributed by atoms with Crippen molar-refractivity contribution in [1.29, 1.82) is 0 Å². The number of benzene rings is 3. The van der Waals surface area contributed by atoms with Gasteiger partial charge in [0.25, 0.3) is 11.5 Å². The van der Waals surface area contributed by atoms with Crippen molar-refractivity contribution in [3.8, 4) is 11.5 Å². The quantitative estimate of drug-likeness (QED) is 0.226. The van der Waals surface area contributed by atoms with Crippen LogP contribution in [0.2, 0.25) is 0 Å². The Bertz CT molecular complexity index is 2110. The van der Waals surface area contributed by atoms with Crippen LogP contribution in [-0.2, 0) is 9.53 Å². The Labute approximate surface area is 311 Å². The summed E-state index contributed by atoms with van der Waals surface area (Å²) in [6, 6.07) is 15.6. The number of methoxy groups -OCH3 is 2. The third-order valence-corrected chi connectivity index (χ3v) is 9.36. The fourth-order valence-electron chi connectivity index (χ4n) is 6.53. The molecule has 16 heteroatoms. The molecule has 2 heterocycles. The summed E-state index contributed by atoms with van der Waals surface area (Å²) in [6.07, 6.45) is -1.83. The number of hydrogen-bond donors (Lipinski definition) is 3. The number of nitrogens with zero attached hydrogens (tertiary/aromatic N) is 5. The molecule has 286 valence electrons. The van der Waals surface area contributed by atoms with Gasteiger partial charge in [0.15, 0.2) is 11.4 Å². The summed E-state index contributed by atoms with van der Waals surface area (Å²) in [4.78, 5) is 62.9. The normalized spacial score (nSPS) is 18.8. The standard InChI is InChI=1S/C38H44FN7O8/c1-23(45(29-16-15-26(52-5)21-30(29)53-6)35(50)40-25-13-11-24(39)12-14-25)32-41-28-10-8-7-9-27(28)33(48)46(32)44-19-17-43(18-20-44)34(49)38(22-31(38)47)42-36(51)54-37(2,3)4/h7-16,21,23,31,47H,17-20,22H2,1-6H3,(H,40,50)(H,42,51)/t23?,31-,38?/m1/s1. The van der Waals surface area contributed by atoms with E-state index in [9.17, 15) is 28.7 Å². The Hall–Kier alpha value is -5.90.